The van der Waals surface area contributed by atoms with Gasteiger partial charge in [0.05, 0.1) is 12.7 Å². The molecule has 2 atom stereocenters. The molecular weight excluding hydrogens is 506 g/mol. The summed E-state index contributed by atoms with van der Waals surface area (Å²) in [6, 6.07) is 12.7. The molecule has 37 heavy (non-hydrogen) atoms. The summed E-state index contributed by atoms with van der Waals surface area (Å²) >= 11 is 1.61. The van der Waals surface area contributed by atoms with Crippen LogP contribution in [0.5, 0.6) is 11.5 Å². The van der Waals surface area contributed by atoms with E-state index in [9.17, 15) is 15.0 Å². The first-order chi connectivity index (χ1) is 17.4. The Balaban J connectivity index is 0.00000320. The molecule has 5 nitrogen and oxygen atoms in total. The number of aromatic hydroxyl groups is 2. The van der Waals surface area contributed by atoms with E-state index in [0.717, 1.165) is 57.6 Å². The van der Waals surface area contributed by atoms with Crippen LogP contribution in [0.2, 0.25) is 0 Å². The van der Waals surface area contributed by atoms with Crippen LogP contribution in [0.15, 0.2) is 65.8 Å². The van der Waals surface area contributed by atoms with Gasteiger partial charge in [0, 0.05) is 27.1 Å². The van der Waals surface area contributed by atoms with E-state index in [1.165, 1.54) is 19.3 Å². The number of halogens is 1. The zero-order valence-corrected chi connectivity index (χ0v) is 22.9. The summed E-state index contributed by atoms with van der Waals surface area (Å²) in [4.78, 5) is 15.5. The smallest absolute Gasteiger partial charge is 0.149 e. The lowest BCUT2D eigenvalue weighted by Crippen LogP contribution is -2.42. The number of carbonyl (C=O) groups is 1. The number of rotatable bonds is 7. The molecule has 0 spiro atoms. The Morgan fingerprint density at radius 3 is 2.49 bits per heavy atom. The third-order valence-electron chi connectivity index (χ3n) is 7.44. The maximum atomic E-state index is 12.0. The number of likely N-dealkylation sites (tertiary alicyclic amines) is 1. The SMILES string of the molecule is CC1=CC(C=O)=CC(C)(c2c(-c3ccc(O)cc3)sc3cc(O)ccc23)C1OCCN1CCCCC1.Cl. The summed E-state index contributed by atoms with van der Waals surface area (Å²) in [6.07, 6.45) is 8.43. The highest BCUT2D eigenvalue weighted by Gasteiger charge is 2.42. The van der Waals surface area contributed by atoms with Gasteiger partial charge in [-0.25, -0.2) is 0 Å². The second-order valence-corrected chi connectivity index (χ2v) is 11.2. The van der Waals surface area contributed by atoms with Gasteiger partial charge in [0.15, 0.2) is 0 Å². The van der Waals surface area contributed by atoms with Crippen molar-refractivity contribution in [2.24, 2.45) is 0 Å². The third kappa shape index (κ3) is 5.48. The van der Waals surface area contributed by atoms with Crippen molar-refractivity contribution in [1.29, 1.82) is 0 Å². The number of allylic oxidation sites excluding steroid dienone is 2. The van der Waals surface area contributed by atoms with E-state index in [1.807, 2.05) is 37.3 Å². The van der Waals surface area contributed by atoms with E-state index in [2.05, 4.69) is 11.8 Å². The summed E-state index contributed by atoms with van der Waals surface area (Å²) in [5, 5.41) is 21.1. The molecule has 0 radical (unpaired) electrons. The molecule has 1 aliphatic carbocycles. The number of thiophene rings is 1. The molecule has 2 aromatic carbocycles. The normalized spacial score (nSPS) is 22.3. The fourth-order valence-electron chi connectivity index (χ4n) is 5.77. The maximum Gasteiger partial charge on any atom is 0.149 e. The van der Waals surface area contributed by atoms with E-state index in [-0.39, 0.29) is 30.0 Å². The Labute approximate surface area is 228 Å². The van der Waals surface area contributed by atoms with Crippen LogP contribution in [-0.4, -0.2) is 53.7 Å². The molecule has 196 valence electrons. The van der Waals surface area contributed by atoms with Crippen LogP contribution in [0.4, 0.5) is 0 Å². The summed E-state index contributed by atoms with van der Waals surface area (Å²) in [5.41, 5.74) is 3.10. The highest BCUT2D eigenvalue weighted by Crippen LogP contribution is 2.50. The van der Waals surface area contributed by atoms with Gasteiger partial charge in [0.2, 0.25) is 0 Å². The second-order valence-electron chi connectivity index (χ2n) is 10.1. The Morgan fingerprint density at radius 2 is 1.78 bits per heavy atom. The number of phenols is 2. The molecule has 0 amide bonds. The van der Waals surface area contributed by atoms with Crippen LogP contribution in [0.1, 0.15) is 38.7 Å². The summed E-state index contributed by atoms with van der Waals surface area (Å²) in [6.45, 7) is 7.95. The standard InChI is InChI=1S/C30H33NO4S.ClH/c1-20-16-21(19-32)18-30(2,29(20)35-15-14-31-12-4-3-5-13-31)27-25-11-10-24(34)17-26(25)36-28(27)22-6-8-23(33)9-7-22;/h6-11,16-19,29,33-34H,3-5,12-15H2,1-2H3;1H. The van der Waals surface area contributed by atoms with E-state index >= 15 is 0 Å². The van der Waals surface area contributed by atoms with Crippen molar-refractivity contribution in [2.75, 3.05) is 26.2 Å². The summed E-state index contributed by atoms with van der Waals surface area (Å²) in [7, 11) is 0. The van der Waals surface area contributed by atoms with Gasteiger partial charge < -0.3 is 19.8 Å². The Kier molecular flexibility index (Phi) is 8.44. The van der Waals surface area contributed by atoms with Crippen molar-refractivity contribution in [3.63, 3.8) is 0 Å². The van der Waals surface area contributed by atoms with Gasteiger partial charge >= 0.3 is 0 Å². The van der Waals surface area contributed by atoms with Gasteiger partial charge in [0.25, 0.3) is 0 Å². The van der Waals surface area contributed by atoms with Gasteiger partial charge in [0.1, 0.15) is 17.8 Å². The molecule has 0 bridgehead atoms. The largest absolute Gasteiger partial charge is 0.508 e. The zero-order chi connectivity index (χ0) is 25.3. The lowest BCUT2D eigenvalue weighted by molar-refractivity contribution is -0.104. The molecule has 7 heteroatoms. The molecular formula is C30H34ClNO4S. The number of nitrogens with zero attached hydrogens (tertiary/aromatic N) is 1. The first-order valence-corrected chi connectivity index (χ1v) is 13.5. The topological polar surface area (TPSA) is 70.0 Å². The lowest BCUT2D eigenvalue weighted by Gasteiger charge is -2.40. The minimum atomic E-state index is -0.612. The average Bonchev–Trinajstić information content (AvgIpc) is 3.26. The highest BCUT2D eigenvalue weighted by atomic mass is 35.5. The number of fused-ring (bicyclic) bond motifs is 1. The highest BCUT2D eigenvalue weighted by molar-refractivity contribution is 7.22. The number of carbonyl (C=O) groups excluding carboxylic acids is 1. The van der Waals surface area contributed by atoms with Crippen molar-refractivity contribution < 1.29 is 19.7 Å². The molecule has 5 rings (SSSR count). The molecule has 2 heterocycles. The van der Waals surface area contributed by atoms with Gasteiger partial charge in [-0.1, -0.05) is 18.6 Å². The van der Waals surface area contributed by atoms with Crippen LogP contribution >= 0.6 is 23.7 Å². The van der Waals surface area contributed by atoms with Crippen LogP contribution in [0, 0.1) is 0 Å². The van der Waals surface area contributed by atoms with Crippen molar-refractivity contribution in [3.8, 4) is 21.9 Å². The molecule has 2 N–H and O–H groups in total. The van der Waals surface area contributed by atoms with Gasteiger partial charge in [-0.05, 0) is 104 Å². The fraction of sp³-hybridized carbons (Fsp3) is 0.367. The molecule has 3 aromatic rings. The minimum absolute atomic E-state index is 0. The Morgan fingerprint density at radius 1 is 1.08 bits per heavy atom. The number of phenolic OH excluding ortho intramolecular Hbond substituents is 2. The van der Waals surface area contributed by atoms with Gasteiger partial charge in [-0.2, -0.15) is 0 Å². The van der Waals surface area contributed by atoms with Crippen molar-refractivity contribution in [3.05, 3.63) is 71.3 Å². The molecule has 2 aliphatic rings. The molecule has 1 aromatic heterocycles. The Hall–Kier alpha value is -2.64. The summed E-state index contributed by atoms with van der Waals surface area (Å²) < 4.78 is 7.62. The van der Waals surface area contributed by atoms with E-state index in [1.54, 1.807) is 35.6 Å². The third-order valence-corrected chi connectivity index (χ3v) is 8.64. The van der Waals surface area contributed by atoms with Crippen molar-refractivity contribution in [1.82, 2.24) is 4.90 Å². The zero-order valence-electron chi connectivity index (χ0n) is 21.3. The number of piperidine rings is 1. The van der Waals surface area contributed by atoms with E-state index in [0.29, 0.717) is 12.2 Å². The number of ether oxygens (including phenoxy) is 1. The van der Waals surface area contributed by atoms with E-state index in [4.69, 9.17) is 4.74 Å². The molecule has 1 saturated heterocycles. The number of aldehydes is 1. The van der Waals surface area contributed by atoms with E-state index < -0.39 is 5.41 Å². The number of benzene rings is 2. The predicted octanol–water partition coefficient (Wildman–Crippen LogP) is 6.62. The van der Waals surface area contributed by atoms with Crippen LogP contribution in [0.3, 0.4) is 0 Å². The molecule has 1 fully saturated rings. The first-order valence-electron chi connectivity index (χ1n) is 12.6. The molecule has 1 aliphatic heterocycles. The van der Waals surface area contributed by atoms with Gasteiger partial charge in [-0.3, -0.25) is 4.79 Å². The fourth-order valence-corrected chi connectivity index (χ4v) is 7.14. The van der Waals surface area contributed by atoms with Crippen LogP contribution < -0.4 is 0 Å². The monoisotopic (exact) mass is 539 g/mol. The molecule has 2 unspecified atom stereocenters. The predicted molar refractivity (Wildman–Crippen MR) is 153 cm³/mol. The number of hydrogen-bond donors (Lipinski definition) is 2. The quantitative estimate of drug-likeness (QED) is 0.330. The second kappa shape index (κ2) is 11.4. The van der Waals surface area contributed by atoms with Crippen LogP contribution in [-0.2, 0) is 14.9 Å². The van der Waals surface area contributed by atoms with Gasteiger partial charge in [-0.15, -0.1) is 23.7 Å². The summed E-state index contributed by atoms with van der Waals surface area (Å²) in [5.74, 6) is 0.430. The maximum absolute atomic E-state index is 12.0. The lowest BCUT2D eigenvalue weighted by atomic mass is 9.69. The van der Waals surface area contributed by atoms with Crippen molar-refractivity contribution >= 4 is 40.1 Å². The first kappa shape index (κ1) is 27.4. The number of hydrogen-bond acceptors (Lipinski definition) is 6. The average molecular weight is 540 g/mol. The minimum Gasteiger partial charge on any atom is -0.508 e. The Bertz CT molecular complexity index is 1320. The van der Waals surface area contributed by atoms with Crippen LogP contribution in [0.25, 0.3) is 20.5 Å². The van der Waals surface area contributed by atoms with Crippen molar-refractivity contribution in [2.45, 2.75) is 44.6 Å². The molecule has 0 saturated carbocycles.